The number of benzene rings is 2. The lowest BCUT2D eigenvalue weighted by Gasteiger charge is -2.31. The van der Waals surface area contributed by atoms with E-state index in [9.17, 15) is 18.3 Å². The van der Waals surface area contributed by atoms with Gasteiger partial charge in [-0.15, -0.1) is 0 Å². The number of nitrogens with zero attached hydrogens (tertiary/aromatic N) is 1. The molecule has 2 saturated heterocycles. The molecule has 230 valence electrons. The second-order valence-corrected chi connectivity index (χ2v) is 13.8. The zero-order chi connectivity index (χ0) is 29.9. The molecular formula is C31H42N2O8S. The van der Waals surface area contributed by atoms with Crippen molar-refractivity contribution in [2.45, 2.75) is 68.5 Å². The molecule has 0 radical (unpaired) electrons. The quantitative estimate of drug-likeness (QED) is 0.380. The van der Waals surface area contributed by atoms with Crippen molar-refractivity contribution < 1.29 is 37.3 Å². The Morgan fingerprint density at radius 2 is 1.81 bits per heavy atom. The molecule has 3 fully saturated rings. The summed E-state index contributed by atoms with van der Waals surface area (Å²) >= 11 is 0. The molecule has 5 rings (SSSR count). The van der Waals surface area contributed by atoms with Crippen LogP contribution in [0.3, 0.4) is 0 Å². The first kappa shape index (κ1) is 30.7. The van der Waals surface area contributed by atoms with E-state index in [4.69, 9.17) is 18.9 Å². The highest BCUT2D eigenvalue weighted by atomic mass is 32.2. The zero-order valence-corrected chi connectivity index (χ0v) is 25.2. The fourth-order valence-corrected chi connectivity index (χ4v) is 8.15. The van der Waals surface area contributed by atoms with Crippen LogP contribution in [0, 0.1) is 17.8 Å². The van der Waals surface area contributed by atoms with E-state index < -0.39 is 34.4 Å². The van der Waals surface area contributed by atoms with Crippen LogP contribution in [0.25, 0.3) is 0 Å². The maximum Gasteiger partial charge on any atom is 0.407 e. The minimum atomic E-state index is -3.94. The van der Waals surface area contributed by atoms with E-state index in [2.05, 4.69) is 5.32 Å². The summed E-state index contributed by atoms with van der Waals surface area (Å²) < 4.78 is 51.5. The van der Waals surface area contributed by atoms with Crippen molar-refractivity contribution >= 4 is 16.1 Å². The summed E-state index contributed by atoms with van der Waals surface area (Å²) in [5, 5.41) is 14.4. The van der Waals surface area contributed by atoms with Crippen LogP contribution in [0.4, 0.5) is 4.79 Å². The smallest absolute Gasteiger partial charge is 0.407 e. The molecule has 3 aliphatic rings. The van der Waals surface area contributed by atoms with Gasteiger partial charge < -0.3 is 29.4 Å². The average Bonchev–Trinajstić information content (AvgIpc) is 3.66. The summed E-state index contributed by atoms with van der Waals surface area (Å²) in [7, 11) is -2.43. The van der Waals surface area contributed by atoms with Crippen molar-refractivity contribution in [1.29, 1.82) is 0 Å². The van der Waals surface area contributed by atoms with Crippen molar-refractivity contribution in [2.75, 3.05) is 33.4 Å². The molecule has 11 heteroatoms. The molecule has 0 aromatic heterocycles. The maximum absolute atomic E-state index is 13.7. The summed E-state index contributed by atoms with van der Waals surface area (Å²) in [6.07, 6.45) is -0.0365. The minimum absolute atomic E-state index is 0.000776. The predicted octanol–water partition coefficient (Wildman–Crippen LogP) is 3.23. The van der Waals surface area contributed by atoms with E-state index in [1.807, 2.05) is 44.2 Å². The molecule has 42 heavy (non-hydrogen) atoms. The number of fused-ring (bicyclic) bond motifs is 3. The number of sulfonamides is 1. The highest BCUT2D eigenvalue weighted by molar-refractivity contribution is 7.89. The number of aliphatic hydroxyl groups excluding tert-OH is 1. The largest absolute Gasteiger partial charge is 0.497 e. The lowest BCUT2D eigenvalue weighted by Crippen LogP contribution is -2.52. The number of methoxy groups -OCH3 is 1. The van der Waals surface area contributed by atoms with Crippen LogP contribution >= 0.6 is 0 Å². The Hall–Kier alpha value is -2.70. The molecule has 1 unspecified atom stereocenters. The maximum atomic E-state index is 13.7. The number of rotatable bonds is 12. The second kappa shape index (κ2) is 13.3. The van der Waals surface area contributed by atoms with Crippen LogP contribution in [0.1, 0.15) is 32.3 Å². The highest BCUT2D eigenvalue weighted by Crippen LogP contribution is 2.47. The summed E-state index contributed by atoms with van der Waals surface area (Å²) in [6, 6.07) is 14.8. The first-order chi connectivity index (χ1) is 20.2. The number of amides is 1. The Morgan fingerprint density at radius 1 is 1.07 bits per heavy atom. The number of hydrogen-bond donors (Lipinski definition) is 2. The van der Waals surface area contributed by atoms with Crippen molar-refractivity contribution in [3.63, 3.8) is 0 Å². The summed E-state index contributed by atoms with van der Waals surface area (Å²) in [5.41, 5.74) is 0.890. The molecule has 2 aromatic rings. The third-order valence-corrected chi connectivity index (χ3v) is 10.4. The monoisotopic (exact) mass is 602 g/mol. The van der Waals surface area contributed by atoms with Gasteiger partial charge in [0.05, 0.1) is 43.0 Å². The fourth-order valence-electron chi connectivity index (χ4n) is 6.53. The third-order valence-electron chi connectivity index (χ3n) is 8.53. The lowest BCUT2D eigenvalue weighted by atomic mass is 9.89. The van der Waals surface area contributed by atoms with Crippen LogP contribution in [0.5, 0.6) is 5.75 Å². The Balaban J connectivity index is 1.31. The van der Waals surface area contributed by atoms with Crippen LogP contribution in [0.2, 0.25) is 0 Å². The van der Waals surface area contributed by atoms with Gasteiger partial charge in [0.25, 0.3) is 0 Å². The van der Waals surface area contributed by atoms with Gasteiger partial charge in [-0.3, -0.25) is 0 Å². The highest BCUT2D eigenvalue weighted by Gasteiger charge is 2.55. The van der Waals surface area contributed by atoms with Crippen LogP contribution in [0.15, 0.2) is 59.5 Å². The van der Waals surface area contributed by atoms with Gasteiger partial charge in [0.2, 0.25) is 10.0 Å². The molecule has 2 aromatic carbocycles. The van der Waals surface area contributed by atoms with Gasteiger partial charge in [-0.2, -0.15) is 4.31 Å². The molecule has 1 saturated carbocycles. The zero-order valence-electron chi connectivity index (χ0n) is 24.4. The first-order valence-corrected chi connectivity index (χ1v) is 16.2. The average molecular weight is 603 g/mol. The minimum Gasteiger partial charge on any atom is -0.497 e. The molecular weight excluding hydrogens is 560 g/mol. The standard InChI is InChI=1S/C31H42N2O8S/c1-20(2)17-33(42(36,37)23-11-9-22(38-3)10-12-23)18-26(34)25(15-21-7-5-4-6-8-21)32-31(35)41-29-19-40-28-16-27-24(30(28)29)13-14-39-27/h4-12,20,24-30,34H,13-19H2,1-3H3,(H,32,35)/t24-,25+,26-,27-,28+,29+,30?/m1/s1. The number of nitrogens with one attached hydrogen (secondary N) is 1. The fraction of sp³-hybridized carbons (Fsp3) is 0.581. The molecule has 2 aliphatic heterocycles. The topological polar surface area (TPSA) is 124 Å². The number of alkyl carbamates (subject to hydrolysis) is 1. The lowest BCUT2D eigenvalue weighted by molar-refractivity contribution is 0.0280. The van der Waals surface area contributed by atoms with E-state index in [-0.39, 0.29) is 42.0 Å². The predicted molar refractivity (Wildman–Crippen MR) is 156 cm³/mol. The van der Waals surface area contributed by atoms with E-state index in [1.54, 1.807) is 12.1 Å². The first-order valence-electron chi connectivity index (χ1n) is 14.7. The number of carbonyl (C=O) groups is 1. The molecule has 10 nitrogen and oxygen atoms in total. The van der Waals surface area contributed by atoms with Gasteiger partial charge in [0.1, 0.15) is 11.9 Å². The number of hydrogen-bond acceptors (Lipinski definition) is 8. The summed E-state index contributed by atoms with van der Waals surface area (Å²) in [5.74, 6) is 0.953. The van der Waals surface area contributed by atoms with Gasteiger partial charge in [-0.25, -0.2) is 13.2 Å². The number of aliphatic hydroxyl groups is 1. The SMILES string of the molecule is COc1ccc(S(=O)(=O)N(CC(C)C)C[C@@H](O)[C@H](Cc2ccccc2)NC(=O)O[C@H]2CO[C@H]3C[C@H]4OCC[C@H]4C32)cc1. The van der Waals surface area contributed by atoms with Gasteiger partial charge in [-0.1, -0.05) is 44.2 Å². The number of ether oxygens (including phenoxy) is 4. The van der Waals surface area contributed by atoms with E-state index in [0.29, 0.717) is 24.7 Å². The second-order valence-electron chi connectivity index (χ2n) is 11.9. The molecule has 1 amide bonds. The third kappa shape index (κ3) is 6.92. The van der Waals surface area contributed by atoms with Gasteiger partial charge in [-0.05, 0) is 54.5 Å². The molecule has 2 N–H and O–H groups in total. The molecule has 7 atom stereocenters. The van der Waals surface area contributed by atoms with E-state index >= 15 is 0 Å². The molecule has 2 heterocycles. The van der Waals surface area contributed by atoms with E-state index in [0.717, 1.165) is 25.0 Å². The van der Waals surface area contributed by atoms with Gasteiger partial charge in [0.15, 0.2) is 0 Å². The van der Waals surface area contributed by atoms with E-state index in [1.165, 1.54) is 23.5 Å². The number of carbonyl (C=O) groups excluding carboxylic acids is 1. The van der Waals surface area contributed by atoms with Gasteiger partial charge >= 0.3 is 6.09 Å². The Kier molecular flexibility index (Phi) is 9.74. The van der Waals surface area contributed by atoms with Crippen molar-refractivity contribution in [1.82, 2.24) is 9.62 Å². The normalized spacial score (nSPS) is 26.6. The Morgan fingerprint density at radius 3 is 2.50 bits per heavy atom. The summed E-state index contributed by atoms with van der Waals surface area (Å²) in [4.78, 5) is 13.4. The summed E-state index contributed by atoms with van der Waals surface area (Å²) in [6.45, 7) is 4.87. The van der Waals surface area contributed by atoms with Crippen molar-refractivity contribution in [2.24, 2.45) is 17.8 Å². The molecule has 1 aliphatic carbocycles. The van der Waals surface area contributed by atoms with Crippen molar-refractivity contribution in [3.05, 3.63) is 60.2 Å². The van der Waals surface area contributed by atoms with Crippen LogP contribution in [-0.4, -0.2) is 87.8 Å². The molecule has 0 bridgehead atoms. The van der Waals surface area contributed by atoms with Crippen molar-refractivity contribution in [3.8, 4) is 5.75 Å². The van der Waals surface area contributed by atoms with Crippen LogP contribution < -0.4 is 10.1 Å². The molecule has 0 spiro atoms. The van der Waals surface area contributed by atoms with Gasteiger partial charge in [0, 0.05) is 32.0 Å². The Labute approximate surface area is 248 Å². The Bertz CT molecular complexity index is 1290. The van der Waals surface area contributed by atoms with Crippen LogP contribution in [-0.2, 0) is 30.7 Å².